The van der Waals surface area contributed by atoms with Crippen molar-refractivity contribution in [3.8, 4) is 5.75 Å². The first-order valence-corrected chi connectivity index (χ1v) is 12.7. The molecule has 7 heteroatoms. The number of ether oxygens (including phenoxy) is 1. The van der Waals surface area contributed by atoms with E-state index in [-0.39, 0.29) is 23.5 Å². The molecule has 1 aromatic rings. The lowest BCUT2D eigenvalue weighted by Gasteiger charge is -2.48. The molecule has 0 spiro atoms. The van der Waals surface area contributed by atoms with Gasteiger partial charge in [0.2, 0.25) is 0 Å². The van der Waals surface area contributed by atoms with E-state index in [1.54, 1.807) is 0 Å². The highest BCUT2D eigenvalue weighted by Crippen LogP contribution is 2.43. The maximum Gasteiger partial charge on any atom is 0.151 e. The van der Waals surface area contributed by atoms with Gasteiger partial charge in [0, 0.05) is 37.9 Å². The van der Waals surface area contributed by atoms with E-state index in [9.17, 15) is 8.42 Å². The monoisotopic (exact) mass is 423 g/mol. The third-order valence-corrected chi connectivity index (χ3v) is 8.10. The number of hydrogen-bond acceptors (Lipinski definition) is 6. The van der Waals surface area contributed by atoms with E-state index in [4.69, 9.17) is 10.5 Å². The standard InChI is InChI=1S/C22H37N3O3S/c1-4-28-20-8-6-19(7-9-20)25-16-18-14-22(2,3)21(25)17-24(15-18)11-5-12-29(26,27)13-10-23/h6-9,18,21H,4-5,10-17,23H2,1-3H3/t18-,21-/m1/s1. The topological polar surface area (TPSA) is 75.9 Å². The molecule has 6 nitrogen and oxygen atoms in total. The Kier molecular flexibility index (Phi) is 7.12. The van der Waals surface area contributed by atoms with Crippen LogP contribution in [0.25, 0.3) is 0 Å². The van der Waals surface area contributed by atoms with E-state index < -0.39 is 9.84 Å². The lowest BCUT2D eigenvalue weighted by atomic mass is 9.73. The Labute approximate surface area is 176 Å². The zero-order chi connectivity index (χ0) is 21.1. The summed E-state index contributed by atoms with van der Waals surface area (Å²) in [6, 6.07) is 8.88. The summed E-state index contributed by atoms with van der Waals surface area (Å²) in [4.78, 5) is 5.05. The van der Waals surface area contributed by atoms with Gasteiger partial charge in [-0.1, -0.05) is 13.8 Å². The molecule has 3 heterocycles. The van der Waals surface area contributed by atoms with E-state index in [0.717, 1.165) is 31.9 Å². The summed E-state index contributed by atoms with van der Waals surface area (Å²) in [7, 11) is -3.01. The number of hydrogen-bond donors (Lipinski definition) is 1. The molecular weight excluding hydrogens is 386 g/mol. The number of anilines is 1. The van der Waals surface area contributed by atoms with Gasteiger partial charge >= 0.3 is 0 Å². The predicted octanol–water partition coefficient (Wildman–Crippen LogP) is 2.39. The molecule has 0 aliphatic carbocycles. The predicted molar refractivity (Wildman–Crippen MR) is 119 cm³/mol. The second-order valence-electron chi connectivity index (χ2n) is 9.21. The molecule has 29 heavy (non-hydrogen) atoms. The first-order chi connectivity index (χ1) is 13.7. The summed E-state index contributed by atoms with van der Waals surface area (Å²) in [6.07, 6.45) is 1.90. The summed E-state index contributed by atoms with van der Waals surface area (Å²) in [6.45, 7) is 11.6. The van der Waals surface area contributed by atoms with E-state index in [2.05, 4.69) is 47.9 Å². The summed E-state index contributed by atoms with van der Waals surface area (Å²) in [5.74, 6) is 1.84. The zero-order valence-corrected chi connectivity index (χ0v) is 19.0. The zero-order valence-electron chi connectivity index (χ0n) is 18.1. The summed E-state index contributed by atoms with van der Waals surface area (Å²) >= 11 is 0. The highest BCUT2D eigenvalue weighted by Gasteiger charge is 2.45. The third kappa shape index (κ3) is 5.64. The number of fused-ring (bicyclic) bond motifs is 4. The Bertz CT molecular complexity index is 764. The van der Waals surface area contributed by atoms with Crippen LogP contribution >= 0.6 is 0 Å². The highest BCUT2D eigenvalue weighted by molar-refractivity contribution is 7.91. The molecule has 0 unspecified atom stereocenters. The number of benzene rings is 1. The van der Waals surface area contributed by atoms with Crippen LogP contribution in [-0.2, 0) is 9.84 Å². The Morgan fingerprint density at radius 2 is 1.86 bits per heavy atom. The van der Waals surface area contributed by atoms with Crippen molar-refractivity contribution in [3.05, 3.63) is 24.3 Å². The van der Waals surface area contributed by atoms with Crippen molar-refractivity contribution in [1.29, 1.82) is 0 Å². The second kappa shape index (κ2) is 9.23. The van der Waals surface area contributed by atoms with Crippen LogP contribution < -0.4 is 15.4 Å². The highest BCUT2D eigenvalue weighted by atomic mass is 32.2. The number of sulfone groups is 1. The van der Waals surface area contributed by atoms with Gasteiger partial charge in [-0.2, -0.15) is 0 Å². The minimum atomic E-state index is -3.01. The van der Waals surface area contributed by atoms with Crippen LogP contribution in [0.3, 0.4) is 0 Å². The van der Waals surface area contributed by atoms with Gasteiger partial charge in [-0.05, 0) is 61.9 Å². The van der Waals surface area contributed by atoms with Gasteiger partial charge < -0.3 is 20.3 Å². The average molecular weight is 424 g/mol. The summed E-state index contributed by atoms with van der Waals surface area (Å²) < 4.78 is 29.6. The van der Waals surface area contributed by atoms with Crippen molar-refractivity contribution in [2.75, 3.05) is 55.7 Å². The lowest BCUT2D eigenvalue weighted by molar-refractivity contribution is 0.190. The molecule has 3 aliphatic heterocycles. The molecule has 4 rings (SSSR count). The molecule has 2 atom stereocenters. The van der Waals surface area contributed by atoms with Crippen LogP contribution in [0.1, 0.15) is 33.6 Å². The van der Waals surface area contributed by atoms with E-state index in [1.807, 2.05) is 6.92 Å². The molecule has 0 saturated carbocycles. The number of nitrogens with two attached hydrogens (primary N) is 1. The first-order valence-electron chi connectivity index (χ1n) is 10.9. The lowest BCUT2D eigenvalue weighted by Crippen LogP contribution is -2.53. The number of piperidine rings is 1. The molecule has 3 fully saturated rings. The molecule has 2 N–H and O–H groups in total. The van der Waals surface area contributed by atoms with Gasteiger partial charge in [-0.3, -0.25) is 0 Å². The second-order valence-corrected chi connectivity index (χ2v) is 11.5. The molecule has 3 saturated heterocycles. The van der Waals surface area contributed by atoms with Gasteiger partial charge in [-0.15, -0.1) is 0 Å². The maximum atomic E-state index is 12.0. The van der Waals surface area contributed by atoms with Crippen molar-refractivity contribution in [1.82, 2.24) is 4.90 Å². The average Bonchev–Trinajstić information content (AvgIpc) is 2.88. The molecule has 1 aromatic carbocycles. The molecule has 0 radical (unpaired) electrons. The molecule has 164 valence electrons. The SMILES string of the molecule is CCOc1ccc(N2C[C@H]3CN(CCCS(=O)(=O)CCN)C[C@@H]2C(C)(C)C3)cc1. The van der Waals surface area contributed by atoms with Crippen LogP contribution in [0.2, 0.25) is 0 Å². The first kappa shape index (κ1) is 22.4. The van der Waals surface area contributed by atoms with Crippen molar-refractivity contribution >= 4 is 15.5 Å². The Morgan fingerprint density at radius 1 is 1.14 bits per heavy atom. The van der Waals surface area contributed by atoms with Gasteiger partial charge in [-0.25, -0.2) is 8.42 Å². The Balaban J connectivity index is 1.69. The van der Waals surface area contributed by atoms with Crippen molar-refractivity contribution in [2.45, 2.75) is 39.7 Å². The van der Waals surface area contributed by atoms with Gasteiger partial charge in [0.25, 0.3) is 0 Å². The fourth-order valence-corrected chi connectivity index (χ4v) is 6.21. The maximum absolute atomic E-state index is 12.0. The Hall–Kier alpha value is -1.31. The minimum absolute atomic E-state index is 0.0940. The van der Waals surface area contributed by atoms with Crippen molar-refractivity contribution in [2.24, 2.45) is 17.1 Å². The molecule has 2 bridgehead atoms. The van der Waals surface area contributed by atoms with E-state index >= 15 is 0 Å². The third-order valence-electron chi connectivity index (χ3n) is 6.33. The van der Waals surface area contributed by atoms with Gasteiger partial charge in [0.1, 0.15) is 5.75 Å². The number of rotatable bonds is 9. The van der Waals surface area contributed by atoms with Gasteiger partial charge in [0.15, 0.2) is 9.84 Å². The van der Waals surface area contributed by atoms with E-state index in [1.165, 1.54) is 12.1 Å². The molecular formula is C22H37N3O3S. The smallest absolute Gasteiger partial charge is 0.151 e. The van der Waals surface area contributed by atoms with Crippen LogP contribution in [-0.4, -0.2) is 70.2 Å². The normalized spacial score (nSPS) is 24.5. The van der Waals surface area contributed by atoms with E-state index in [0.29, 0.717) is 25.0 Å². The van der Waals surface area contributed by atoms with Gasteiger partial charge in [0.05, 0.1) is 18.1 Å². The fraction of sp³-hybridized carbons (Fsp3) is 0.727. The quantitative estimate of drug-likeness (QED) is 0.657. The molecule has 0 amide bonds. The van der Waals surface area contributed by atoms with Crippen LogP contribution in [0.5, 0.6) is 5.75 Å². The van der Waals surface area contributed by atoms with Crippen LogP contribution in [0, 0.1) is 11.3 Å². The summed E-state index contributed by atoms with van der Waals surface area (Å²) in [5, 5.41) is 0. The van der Waals surface area contributed by atoms with Crippen molar-refractivity contribution < 1.29 is 13.2 Å². The summed E-state index contributed by atoms with van der Waals surface area (Å²) in [5.41, 5.74) is 6.90. The number of nitrogens with zero attached hydrogens (tertiary/aromatic N) is 2. The minimum Gasteiger partial charge on any atom is -0.494 e. The van der Waals surface area contributed by atoms with Crippen LogP contribution in [0.15, 0.2) is 24.3 Å². The van der Waals surface area contributed by atoms with Crippen molar-refractivity contribution in [3.63, 3.8) is 0 Å². The molecule has 0 aromatic heterocycles. The largest absolute Gasteiger partial charge is 0.494 e. The Morgan fingerprint density at radius 3 is 2.52 bits per heavy atom. The van der Waals surface area contributed by atoms with Crippen LogP contribution in [0.4, 0.5) is 5.69 Å². The molecule has 3 aliphatic rings. The fourth-order valence-electron chi connectivity index (χ4n) is 5.08.